The van der Waals surface area contributed by atoms with Gasteiger partial charge < -0.3 is 5.32 Å². The fourth-order valence-corrected chi connectivity index (χ4v) is 2.57. The number of nitrogens with zero attached hydrogens (tertiary/aromatic N) is 3. The van der Waals surface area contributed by atoms with Crippen LogP contribution in [-0.4, -0.2) is 14.7 Å². The lowest BCUT2D eigenvalue weighted by Crippen LogP contribution is -2.08. The minimum absolute atomic E-state index is 0.0741. The number of thiophene rings is 1. The molecule has 2 aromatic heterocycles. The second-order valence-corrected chi connectivity index (χ2v) is 5.23. The fraction of sp³-hybridized carbons (Fsp3) is 0.417. The van der Waals surface area contributed by atoms with Crippen LogP contribution in [0.15, 0.2) is 17.5 Å². The summed E-state index contributed by atoms with van der Waals surface area (Å²) < 4.78 is 1.68. The molecule has 0 fully saturated rings. The maximum atomic E-state index is 11.1. The van der Waals surface area contributed by atoms with Crippen molar-refractivity contribution in [2.24, 2.45) is 0 Å². The van der Waals surface area contributed by atoms with Gasteiger partial charge in [0.05, 0.1) is 11.5 Å². The van der Waals surface area contributed by atoms with Crippen molar-refractivity contribution in [1.82, 2.24) is 9.78 Å². The van der Waals surface area contributed by atoms with Crippen molar-refractivity contribution in [2.75, 3.05) is 5.32 Å². The second kappa shape index (κ2) is 5.83. The third-order valence-electron chi connectivity index (χ3n) is 2.72. The highest BCUT2D eigenvalue weighted by Gasteiger charge is 2.24. The highest BCUT2D eigenvalue weighted by molar-refractivity contribution is 7.09. The van der Waals surface area contributed by atoms with Crippen LogP contribution in [0.2, 0.25) is 0 Å². The Kier molecular flexibility index (Phi) is 4.16. The van der Waals surface area contributed by atoms with Crippen LogP contribution >= 0.6 is 11.3 Å². The molecule has 0 saturated heterocycles. The normalized spacial score (nSPS) is 10.6. The van der Waals surface area contributed by atoms with Crippen LogP contribution in [0.1, 0.15) is 23.9 Å². The lowest BCUT2D eigenvalue weighted by Gasteiger charge is -2.07. The van der Waals surface area contributed by atoms with Crippen LogP contribution in [0.4, 0.5) is 11.5 Å². The number of nitro groups is 1. The summed E-state index contributed by atoms with van der Waals surface area (Å²) in [4.78, 5) is 11.9. The molecule has 6 nitrogen and oxygen atoms in total. The molecular formula is C12H16N4O2S. The number of aryl methyl sites for hydroxylation is 2. The Bertz CT molecular complexity index is 563. The molecular weight excluding hydrogens is 264 g/mol. The van der Waals surface area contributed by atoms with Gasteiger partial charge in [-0.2, -0.15) is 5.10 Å². The summed E-state index contributed by atoms with van der Waals surface area (Å²) in [5.74, 6) is 0.498. The lowest BCUT2D eigenvalue weighted by molar-refractivity contribution is -0.384. The van der Waals surface area contributed by atoms with Gasteiger partial charge in [0, 0.05) is 11.4 Å². The molecule has 7 heteroatoms. The average molecular weight is 280 g/mol. The van der Waals surface area contributed by atoms with Gasteiger partial charge in [0.1, 0.15) is 5.69 Å². The zero-order valence-corrected chi connectivity index (χ0v) is 11.7. The first-order chi connectivity index (χ1) is 9.13. The van der Waals surface area contributed by atoms with Gasteiger partial charge in [-0.1, -0.05) is 13.0 Å². The largest absolute Gasteiger partial charge is 0.360 e. The van der Waals surface area contributed by atoms with Gasteiger partial charge in [-0.3, -0.25) is 10.1 Å². The molecule has 2 rings (SSSR count). The summed E-state index contributed by atoms with van der Waals surface area (Å²) in [5, 5.41) is 20.5. The Balaban J connectivity index is 2.27. The molecule has 0 bridgehead atoms. The Morgan fingerprint density at radius 2 is 2.37 bits per heavy atom. The predicted octanol–water partition coefficient (Wildman–Crippen LogP) is 3.18. The van der Waals surface area contributed by atoms with Crippen LogP contribution in [0.25, 0.3) is 0 Å². The molecule has 0 atom stereocenters. The highest BCUT2D eigenvalue weighted by atomic mass is 32.1. The summed E-state index contributed by atoms with van der Waals surface area (Å²) in [6, 6.07) is 3.96. The third-order valence-corrected chi connectivity index (χ3v) is 3.60. The van der Waals surface area contributed by atoms with E-state index in [0.717, 1.165) is 11.3 Å². The summed E-state index contributed by atoms with van der Waals surface area (Å²) in [5.41, 5.74) is 0.525. The molecule has 0 unspecified atom stereocenters. The van der Waals surface area contributed by atoms with Gasteiger partial charge in [0.15, 0.2) is 0 Å². The average Bonchev–Trinajstić information content (AvgIpc) is 2.95. The number of aromatic nitrogens is 2. The number of hydrogen-bond donors (Lipinski definition) is 1. The Labute approximate surface area is 115 Å². The molecule has 2 heterocycles. The molecule has 2 aromatic rings. The molecule has 0 aliphatic rings. The van der Waals surface area contributed by atoms with E-state index in [1.165, 1.54) is 0 Å². The maximum Gasteiger partial charge on any atom is 0.333 e. The van der Waals surface area contributed by atoms with Gasteiger partial charge in [0.2, 0.25) is 5.82 Å². The topological polar surface area (TPSA) is 73.0 Å². The third kappa shape index (κ3) is 2.93. The first-order valence-electron chi connectivity index (χ1n) is 6.11. The predicted molar refractivity (Wildman–Crippen MR) is 75.6 cm³/mol. The minimum atomic E-state index is -0.370. The molecule has 0 saturated carbocycles. The Morgan fingerprint density at radius 1 is 1.58 bits per heavy atom. The summed E-state index contributed by atoms with van der Waals surface area (Å²) in [7, 11) is 0. The van der Waals surface area contributed by atoms with Crippen molar-refractivity contribution in [3.63, 3.8) is 0 Å². The Hall–Kier alpha value is -1.89. The molecule has 1 N–H and O–H groups in total. The van der Waals surface area contributed by atoms with E-state index < -0.39 is 0 Å². The minimum Gasteiger partial charge on any atom is -0.360 e. The van der Waals surface area contributed by atoms with Crippen LogP contribution in [0, 0.1) is 17.0 Å². The quantitative estimate of drug-likeness (QED) is 0.651. The van der Waals surface area contributed by atoms with Crippen molar-refractivity contribution in [2.45, 2.75) is 33.4 Å². The summed E-state index contributed by atoms with van der Waals surface area (Å²) in [6.07, 6.45) is 0.881. The zero-order chi connectivity index (χ0) is 13.8. The van der Waals surface area contributed by atoms with Gasteiger partial charge in [-0.05, 0) is 24.8 Å². The van der Waals surface area contributed by atoms with Crippen LogP contribution < -0.4 is 5.32 Å². The Morgan fingerprint density at radius 3 is 2.95 bits per heavy atom. The van der Waals surface area contributed by atoms with Gasteiger partial charge in [0.25, 0.3) is 0 Å². The molecule has 0 amide bonds. The van der Waals surface area contributed by atoms with Crippen molar-refractivity contribution >= 4 is 22.8 Å². The molecule has 0 aliphatic heterocycles. The van der Waals surface area contributed by atoms with Crippen molar-refractivity contribution in [1.29, 1.82) is 0 Å². The van der Waals surface area contributed by atoms with E-state index in [4.69, 9.17) is 0 Å². The zero-order valence-electron chi connectivity index (χ0n) is 10.9. The number of anilines is 1. The van der Waals surface area contributed by atoms with Crippen LogP contribution in [0.5, 0.6) is 0 Å². The van der Waals surface area contributed by atoms with Crippen LogP contribution in [0.3, 0.4) is 0 Å². The van der Waals surface area contributed by atoms with Crippen molar-refractivity contribution < 1.29 is 4.92 Å². The van der Waals surface area contributed by atoms with E-state index >= 15 is 0 Å². The number of hydrogen-bond acceptors (Lipinski definition) is 5. The molecule has 0 spiro atoms. The van der Waals surface area contributed by atoms with E-state index in [0.29, 0.717) is 24.6 Å². The van der Waals surface area contributed by atoms with Gasteiger partial charge >= 0.3 is 5.69 Å². The lowest BCUT2D eigenvalue weighted by atomic mass is 10.3. The first-order valence-corrected chi connectivity index (χ1v) is 6.99. The molecule has 102 valence electrons. The summed E-state index contributed by atoms with van der Waals surface area (Å²) in [6.45, 7) is 4.93. The molecule has 0 aliphatic carbocycles. The monoisotopic (exact) mass is 280 g/mol. The second-order valence-electron chi connectivity index (χ2n) is 4.20. The van der Waals surface area contributed by atoms with Crippen LogP contribution in [-0.2, 0) is 13.1 Å². The van der Waals surface area contributed by atoms with E-state index in [-0.39, 0.29) is 10.6 Å². The number of rotatable bonds is 6. The van der Waals surface area contributed by atoms with E-state index in [9.17, 15) is 10.1 Å². The van der Waals surface area contributed by atoms with Crippen molar-refractivity contribution in [3.05, 3.63) is 38.2 Å². The maximum absolute atomic E-state index is 11.1. The van der Waals surface area contributed by atoms with E-state index in [1.807, 2.05) is 24.4 Å². The SMILES string of the molecule is CCCn1nc(C)c([N+](=O)[O-])c1NCc1cccs1. The fourth-order valence-electron chi connectivity index (χ4n) is 1.92. The first kappa shape index (κ1) is 13.5. The molecule has 19 heavy (non-hydrogen) atoms. The van der Waals surface area contributed by atoms with Gasteiger partial charge in [-0.25, -0.2) is 4.68 Å². The van der Waals surface area contributed by atoms with E-state index in [1.54, 1.807) is 22.9 Å². The smallest absolute Gasteiger partial charge is 0.333 e. The highest BCUT2D eigenvalue weighted by Crippen LogP contribution is 2.29. The number of nitrogens with one attached hydrogen (secondary N) is 1. The van der Waals surface area contributed by atoms with Crippen molar-refractivity contribution in [3.8, 4) is 0 Å². The molecule has 0 aromatic carbocycles. The standard InChI is InChI=1S/C12H16N4O2S/c1-3-6-15-12(11(16(17)18)9(2)14-15)13-8-10-5-4-7-19-10/h4-5,7,13H,3,6,8H2,1-2H3. The van der Waals surface area contributed by atoms with E-state index in [2.05, 4.69) is 10.4 Å². The molecule has 0 radical (unpaired) electrons. The summed E-state index contributed by atoms with van der Waals surface area (Å²) >= 11 is 1.62. The van der Waals surface area contributed by atoms with Gasteiger partial charge in [-0.15, -0.1) is 11.3 Å².